The minimum atomic E-state index is -1.10. The quantitative estimate of drug-likeness (QED) is 0.855. The number of aliphatic imine (C=N–C) groups is 1. The molecule has 0 radical (unpaired) electrons. The second kappa shape index (κ2) is 6.37. The molecular weight excluding hydrogens is 284 g/mol. The summed E-state index contributed by atoms with van der Waals surface area (Å²) < 4.78 is 0. The molecule has 3 heteroatoms. The minimum Gasteiger partial charge on any atom is -0.367 e. The summed E-state index contributed by atoms with van der Waals surface area (Å²) >= 11 is 0. The molecule has 2 N–H and O–H groups in total. The fourth-order valence-corrected chi connectivity index (χ4v) is 2.51. The molecule has 1 amide bonds. The summed E-state index contributed by atoms with van der Waals surface area (Å²) in [6.07, 6.45) is 0. The van der Waals surface area contributed by atoms with E-state index in [1.807, 2.05) is 60.7 Å². The minimum absolute atomic E-state index is 0.215. The Bertz CT molecular complexity index is 699. The van der Waals surface area contributed by atoms with E-state index in [-0.39, 0.29) is 5.41 Å². The van der Waals surface area contributed by atoms with E-state index in [4.69, 9.17) is 10.7 Å². The van der Waals surface area contributed by atoms with Crippen molar-refractivity contribution < 1.29 is 4.79 Å². The molecule has 2 rings (SSSR count). The molecule has 1 atom stereocenters. The van der Waals surface area contributed by atoms with Gasteiger partial charge in [-0.15, -0.1) is 0 Å². The number of benzene rings is 2. The lowest BCUT2D eigenvalue weighted by molar-refractivity contribution is -0.122. The number of carbonyl (C=O) groups excluding carboxylic acids is 1. The van der Waals surface area contributed by atoms with Crippen LogP contribution in [0, 0.1) is 5.41 Å². The molecule has 0 bridgehead atoms. The molecule has 0 saturated carbocycles. The van der Waals surface area contributed by atoms with Crippen molar-refractivity contribution in [3.63, 3.8) is 0 Å². The monoisotopic (exact) mass is 308 g/mol. The van der Waals surface area contributed by atoms with Gasteiger partial charge in [0.1, 0.15) is 0 Å². The van der Waals surface area contributed by atoms with E-state index < -0.39 is 11.4 Å². The van der Waals surface area contributed by atoms with E-state index in [0.717, 1.165) is 16.8 Å². The van der Waals surface area contributed by atoms with Crippen molar-refractivity contribution in [3.8, 4) is 0 Å². The highest BCUT2D eigenvalue weighted by Crippen LogP contribution is 2.30. The Morgan fingerprint density at radius 2 is 1.35 bits per heavy atom. The smallest absolute Gasteiger partial charge is 0.249 e. The summed E-state index contributed by atoms with van der Waals surface area (Å²) in [5.74, 6) is -0.457. The lowest BCUT2D eigenvalue weighted by atomic mass is 9.83. The van der Waals surface area contributed by atoms with E-state index in [1.165, 1.54) is 0 Å². The number of nitrogens with zero attached hydrogens (tertiary/aromatic N) is 1. The van der Waals surface area contributed by atoms with Crippen molar-refractivity contribution in [1.29, 1.82) is 0 Å². The predicted molar refractivity (Wildman–Crippen MR) is 95.4 cm³/mol. The zero-order valence-corrected chi connectivity index (χ0v) is 14.2. The molecule has 0 aromatic heterocycles. The third-order valence-electron chi connectivity index (χ3n) is 3.91. The molecule has 3 nitrogen and oxygen atoms in total. The Balaban J connectivity index is 2.66. The third kappa shape index (κ3) is 3.67. The van der Waals surface area contributed by atoms with Gasteiger partial charge in [0.25, 0.3) is 0 Å². The van der Waals surface area contributed by atoms with Crippen LogP contribution in [0.25, 0.3) is 0 Å². The summed E-state index contributed by atoms with van der Waals surface area (Å²) in [4.78, 5) is 17.1. The molecule has 120 valence electrons. The largest absolute Gasteiger partial charge is 0.367 e. The van der Waals surface area contributed by atoms with Gasteiger partial charge in [0.2, 0.25) is 5.91 Å². The maximum atomic E-state index is 12.2. The molecule has 2 aromatic rings. The van der Waals surface area contributed by atoms with Crippen LogP contribution in [0.5, 0.6) is 0 Å². The maximum Gasteiger partial charge on any atom is 0.249 e. The van der Waals surface area contributed by atoms with Crippen molar-refractivity contribution in [2.45, 2.75) is 33.2 Å². The van der Waals surface area contributed by atoms with Crippen LogP contribution in [0.3, 0.4) is 0 Å². The predicted octanol–water partition coefficient (Wildman–Crippen LogP) is 3.92. The van der Waals surface area contributed by atoms with Crippen molar-refractivity contribution in [2.24, 2.45) is 16.1 Å². The normalized spacial score (nSPS) is 15.0. The number of amides is 1. The first-order valence-corrected chi connectivity index (χ1v) is 7.76. The van der Waals surface area contributed by atoms with Gasteiger partial charge >= 0.3 is 0 Å². The number of hydrogen-bond acceptors (Lipinski definition) is 2. The summed E-state index contributed by atoms with van der Waals surface area (Å²) in [5.41, 5.74) is 7.08. The third-order valence-corrected chi connectivity index (χ3v) is 3.91. The Hall–Kier alpha value is -2.42. The summed E-state index contributed by atoms with van der Waals surface area (Å²) in [7, 11) is 0. The molecule has 1 unspecified atom stereocenters. The molecule has 0 spiro atoms. The fraction of sp³-hybridized carbons (Fsp3) is 0.300. The van der Waals surface area contributed by atoms with Crippen molar-refractivity contribution in [1.82, 2.24) is 0 Å². The maximum absolute atomic E-state index is 12.2. The average Bonchev–Trinajstić information content (AvgIpc) is 2.52. The summed E-state index contributed by atoms with van der Waals surface area (Å²) in [6, 6.07) is 19.4. The lowest BCUT2D eigenvalue weighted by Crippen LogP contribution is -2.39. The van der Waals surface area contributed by atoms with Gasteiger partial charge in [0, 0.05) is 11.1 Å². The summed E-state index contributed by atoms with van der Waals surface area (Å²) in [5, 5.41) is 0. The van der Waals surface area contributed by atoms with Gasteiger partial charge in [-0.2, -0.15) is 0 Å². The second-order valence-electron chi connectivity index (χ2n) is 6.88. The zero-order chi connectivity index (χ0) is 17.1. The van der Waals surface area contributed by atoms with Gasteiger partial charge < -0.3 is 5.73 Å². The first kappa shape index (κ1) is 16.9. The Labute approximate surface area is 138 Å². The first-order chi connectivity index (χ1) is 10.7. The van der Waals surface area contributed by atoms with Gasteiger partial charge in [-0.3, -0.25) is 9.79 Å². The zero-order valence-electron chi connectivity index (χ0n) is 14.2. The Morgan fingerprint density at radius 3 is 1.78 bits per heavy atom. The van der Waals surface area contributed by atoms with E-state index in [2.05, 4.69) is 20.8 Å². The molecule has 0 fully saturated rings. The van der Waals surface area contributed by atoms with E-state index >= 15 is 0 Å². The molecule has 0 heterocycles. The standard InChI is InChI=1S/C20H24N2O/c1-19(2,3)17(15-11-7-5-8-12-15)22-20(4,18(21)23)16-13-9-6-10-14-16/h5-14H,1-4H3,(H2,21,23). The Morgan fingerprint density at radius 1 is 0.870 bits per heavy atom. The number of hydrogen-bond donors (Lipinski definition) is 1. The fourth-order valence-electron chi connectivity index (χ4n) is 2.51. The van der Waals surface area contributed by atoms with Crippen LogP contribution in [-0.2, 0) is 10.3 Å². The number of rotatable bonds is 4. The van der Waals surface area contributed by atoms with Gasteiger partial charge in [0.05, 0.1) is 0 Å². The highest BCUT2D eigenvalue weighted by Gasteiger charge is 2.35. The van der Waals surface area contributed by atoms with Crippen LogP contribution >= 0.6 is 0 Å². The van der Waals surface area contributed by atoms with Crippen molar-refractivity contribution in [3.05, 3.63) is 71.8 Å². The molecular formula is C20H24N2O. The molecule has 0 aliphatic carbocycles. The van der Waals surface area contributed by atoms with Crippen LogP contribution in [0.2, 0.25) is 0 Å². The molecule has 2 aromatic carbocycles. The number of primary amides is 1. The highest BCUT2D eigenvalue weighted by molar-refractivity contribution is 6.05. The molecule has 23 heavy (non-hydrogen) atoms. The van der Waals surface area contributed by atoms with E-state index in [1.54, 1.807) is 6.92 Å². The summed E-state index contributed by atoms with van der Waals surface area (Å²) in [6.45, 7) is 8.04. The lowest BCUT2D eigenvalue weighted by Gasteiger charge is -2.29. The van der Waals surface area contributed by atoms with Gasteiger partial charge in [0.15, 0.2) is 5.54 Å². The molecule has 0 saturated heterocycles. The number of nitrogens with two attached hydrogens (primary N) is 1. The topological polar surface area (TPSA) is 55.4 Å². The van der Waals surface area contributed by atoms with E-state index in [0.29, 0.717) is 0 Å². The van der Waals surface area contributed by atoms with Gasteiger partial charge in [-0.25, -0.2) is 0 Å². The molecule has 0 aliphatic rings. The van der Waals surface area contributed by atoms with Crippen LogP contribution in [0.4, 0.5) is 0 Å². The van der Waals surface area contributed by atoms with Crippen molar-refractivity contribution in [2.75, 3.05) is 0 Å². The van der Waals surface area contributed by atoms with E-state index in [9.17, 15) is 4.79 Å². The highest BCUT2D eigenvalue weighted by atomic mass is 16.1. The van der Waals surface area contributed by atoms with Crippen LogP contribution in [-0.4, -0.2) is 11.6 Å². The number of carbonyl (C=O) groups is 1. The first-order valence-electron chi connectivity index (χ1n) is 7.76. The van der Waals surface area contributed by atoms with Crippen molar-refractivity contribution >= 4 is 11.6 Å². The molecule has 0 aliphatic heterocycles. The SMILES string of the molecule is CC(C)(C)C(=NC(C)(C(N)=O)c1ccccc1)c1ccccc1. The van der Waals surface area contributed by atoms with Gasteiger partial charge in [-0.1, -0.05) is 81.4 Å². The van der Waals surface area contributed by atoms with Crippen LogP contribution in [0.1, 0.15) is 38.8 Å². The van der Waals surface area contributed by atoms with Crippen LogP contribution < -0.4 is 5.73 Å². The Kier molecular flexibility index (Phi) is 4.69. The average molecular weight is 308 g/mol. The van der Waals surface area contributed by atoms with Crippen LogP contribution in [0.15, 0.2) is 65.7 Å². The second-order valence-corrected chi connectivity index (χ2v) is 6.88. The van der Waals surface area contributed by atoms with Gasteiger partial charge in [-0.05, 0) is 18.1 Å².